The maximum atomic E-state index is 11.8. The lowest BCUT2D eigenvalue weighted by Gasteiger charge is -2.07. The van der Waals surface area contributed by atoms with E-state index in [1.54, 1.807) is 29.5 Å². The van der Waals surface area contributed by atoms with Crippen molar-refractivity contribution in [2.75, 3.05) is 0 Å². The molecule has 2 heterocycles. The molecule has 4 nitrogen and oxygen atoms in total. The zero-order chi connectivity index (χ0) is 13.2. The van der Waals surface area contributed by atoms with Crippen LogP contribution in [0, 0.1) is 0 Å². The first-order valence-electron chi connectivity index (χ1n) is 5.91. The van der Waals surface area contributed by atoms with Gasteiger partial charge in [-0.25, -0.2) is 9.59 Å². The van der Waals surface area contributed by atoms with Crippen LogP contribution in [0.2, 0.25) is 0 Å². The topological polar surface area (TPSA) is 52.2 Å². The SMILES string of the molecule is O=c1oc(=O)n(CCc2cccs2)c2ccccc12. The van der Waals surface area contributed by atoms with Gasteiger partial charge in [0.1, 0.15) is 0 Å². The van der Waals surface area contributed by atoms with E-state index < -0.39 is 11.4 Å². The van der Waals surface area contributed by atoms with Gasteiger partial charge in [0.15, 0.2) is 0 Å². The van der Waals surface area contributed by atoms with Crippen LogP contribution in [-0.2, 0) is 13.0 Å². The van der Waals surface area contributed by atoms with Gasteiger partial charge in [-0.1, -0.05) is 18.2 Å². The van der Waals surface area contributed by atoms with Crippen molar-refractivity contribution in [2.45, 2.75) is 13.0 Å². The molecule has 2 aromatic heterocycles. The number of thiophene rings is 1. The van der Waals surface area contributed by atoms with Crippen LogP contribution in [0.15, 0.2) is 55.8 Å². The van der Waals surface area contributed by atoms with Crippen LogP contribution < -0.4 is 11.4 Å². The highest BCUT2D eigenvalue weighted by molar-refractivity contribution is 7.09. The Hall–Kier alpha value is -2.14. The molecule has 0 saturated heterocycles. The Bertz CT molecular complexity index is 815. The van der Waals surface area contributed by atoms with Gasteiger partial charge in [-0.05, 0) is 30.0 Å². The molecule has 19 heavy (non-hydrogen) atoms. The second-order valence-electron chi connectivity index (χ2n) is 4.15. The fraction of sp³-hybridized carbons (Fsp3) is 0.143. The minimum absolute atomic E-state index is 0.438. The summed E-state index contributed by atoms with van der Waals surface area (Å²) in [6, 6.07) is 11.0. The van der Waals surface area contributed by atoms with E-state index in [2.05, 4.69) is 0 Å². The van der Waals surface area contributed by atoms with Gasteiger partial charge in [0.2, 0.25) is 0 Å². The molecule has 0 aliphatic heterocycles. The Morgan fingerprint density at radius 1 is 1.11 bits per heavy atom. The number of fused-ring (bicyclic) bond motifs is 1. The zero-order valence-corrected chi connectivity index (χ0v) is 10.9. The minimum Gasteiger partial charge on any atom is -0.372 e. The second kappa shape index (κ2) is 4.85. The lowest BCUT2D eigenvalue weighted by atomic mass is 10.2. The number of aromatic nitrogens is 1. The highest BCUT2D eigenvalue weighted by Gasteiger charge is 2.08. The van der Waals surface area contributed by atoms with E-state index in [0.717, 1.165) is 6.42 Å². The Morgan fingerprint density at radius 2 is 1.95 bits per heavy atom. The Balaban J connectivity index is 2.07. The summed E-state index contributed by atoms with van der Waals surface area (Å²) in [6.07, 6.45) is 0.745. The minimum atomic E-state index is -0.597. The van der Waals surface area contributed by atoms with Crippen LogP contribution in [-0.4, -0.2) is 4.57 Å². The third-order valence-electron chi connectivity index (χ3n) is 2.98. The normalized spacial score (nSPS) is 10.9. The number of hydrogen-bond donors (Lipinski definition) is 0. The van der Waals surface area contributed by atoms with Gasteiger partial charge < -0.3 is 4.42 Å². The molecule has 5 heteroatoms. The average molecular weight is 273 g/mol. The third kappa shape index (κ3) is 2.24. The van der Waals surface area contributed by atoms with Gasteiger partial charge in [0.05, 0.1) is 10.9 Å². The number of rotatable bonds is 3. The van der Waals surface area contributed by atoms with Crippen LogP contribution in [0.25, 0.3) is 10.9 Å². The summed E-state index contributed by atoms with van der Waals surface area (Å²) in [5.74, 6) is -0.597. The second-order valence-corrected chi connectivity index (χ2v) is 5.19. The average Bonchev–Trinajstić information content (AvgIpc) is 2.92. The number of hydrogen-bond acceptors (Lipinski definition) is 4. The van der Waals surface area contributed by atoms with Crippen molar-refractivity contribution in [3.63, 3.8) is 0 Å². The molecule has 3 rings (SSSR count). The first kappa shape index (κ1) is 11.9. The van der Waals surface area contributed by atoms with Gasteiger partial charge in [-0.3, -0.25) is 4.57 Å². The summed E-state index contributed by atoms with van der Waals surface area (Å²) >= 11 is 1.65. The van der Waals surface area contributed by atoms with Crippen LogP contribution >= 0.6 is 11.3 Å². The number of para-hydroxylation sites is 1. The summed E-state index contributed by atoms with van der Waals surface area (Å²) in [4.78, 5) is 24.6. The van der Waals surface area contributed by atoms with Gasteiger partial charge >= 0.3 is 11.4 Å². The van der Waals surface area contributed by atoms with Gasteiger partial charge in [0.25, 0.3) is 0 Å². The number of benzene rings is 1. The molecule has 0 fully saturated rings. The Kier molecular flexibility index (Phi) is 3.05. The molecule has 0 unspecified atom stereocenters. The van der Waals surface area contributed by atoms with E-state index >= 15 is 0 Å². The Labute approximate surface area is 112 Å². The third-order valence-corrected chi connectivity index (χ3v) is 3.91. The summed E-state index contributed by atoms with van der Waals surface area (Å²) in [6.45, 7) is 0.504. The van der Waals surface area contributed by atoms with E-state index in [9.17, 15) is 9.59 Å². The highest BCUT2D eigenvalue weighted by atomic mass is 32.1. The van der Waals surface area contributed by atoms with Crippen LogP contribution in [0.4, 0.5) is 0 Å². The van der Waals surface area contributed by atoms with Crippen molar-refractivity contribution in [1.82, 2.24) is 4.57 Å². The molecule has 1 aromatic carbocycles. The zero-order valence-electron chi connectivity index (χ0n) is 10.0. The van der Waals surface area contributed by atoms with Crippen molar-refractivity contribution in [3.8, 4) is 0 Å². The monoisotopic (exact) mass is 273 g/mol. The molecule has 96 valence electrons. The largest absolute Gasteiger partial charge is 0.422 e. The molecule has 0 aliphatic rings. The summed E-state index contributed by atoms with van der Waals surface area (Å²) in [5, 5.41) is 2.44. The number of aryl methyl sites for hydroxylation is 2. The first-order chi connectivity index (χ1) is 9.25. The smallest absolute Gasteiger partial charge is 0.372 e. The van der Waals surface area contributed by atoms with Crippen molar-refractivity contribution in [2.24, 2.45) is 0 Å². The fourth-order valence-corrected chi connectivity index (χ4v) is 2.76. The van der Waals surface area contributed by atoms with Crippen LogP contribution in [0.5, 0.6) is 0 Å². The molecule has 0 spiro atoms. The van der Waals surface area contributed by atoms with Gasteiger partial charge in [-0.15, -0.1) is 11.3 Å². The van der Waals surface area contributed by atoms with Gasteiger partial charge in [0, 0.05) is 11.4 Å². The maximum absolute atomic E-state index is 11.8. The molecule has 0 saturated carbocycles. The molecule has 0 amide bonds. The highest BCUT2D eigenvalue weighted by Crippen LogP contribution is 2.12. The van der Waals surface area contributed by atoms with Crippen molar-refractivity contribution in [1.29, 1.82) is 0 Å². The van der Waals surface area contributed by atoms with E-state index in [4.69, 9.17) is 4.42 Å². The summed E-state index contributed by atoms with van der Waals surface area (Å²) in [7, 11) is 0. The number of nitrogens with zero attached hydrogens (tertiary/aromatic N) is 1. The van der Waals surface area contributed by atoms with E-state index in [1.807, 2.05) is 23.6 Å². The van der Waals surface area contributed by atoms with Crippen molar-refractivity contribution < 1.29 is 4.42 Å². The predicted octanol–water partition coefficient (Wildman–Crippen LogP) is 2.26. The van der Waals surface area contributed by atoms with Crippen LogP contribution in [0.1, 0.15) is 4.88 Å². The van der Waals surface area contributed by atoms with E-state index in [0.29, 0.717) is 17.4 Å². The lowest BCUT2D eigenvalue weighted by molar-refractivity contribution is 0.417. The molecular weight excluding hydrogens is 262 g/mol. The van der Waals surface area contributed by atoms with Crippen LogP contribution in [0.3, 0.4) is 0 Å². The maximum Gasteiger partial charge on any atom is 0.422 e. The standard InChI is InChI=1S/C14H11NO3S/c16-13-11-5-1-2-6-12(11)15(14(17)18-13)8-7-10-4-3-9-19-10/h1-6,9H,7-8H2. The molecule has 0 aliphatic carbocycles. The molecule has 0 bridgehead atoms. The molecular formula is C14H11NO3S. The molecule has 0 atom stereocenters. The molecule has 3 aromatic rings. The first-order valence-corrected chi connectivity index (χ1v) is 6.79. The molecule has 0 radical (unpaired) electrons. The quantitative estimate of drug-likeness (QED) is 0.735. The fourth-order valence-electron chi connectivity index (χ4n) is 2.06. The van der Waals surface area contributed by atoms with Crippen molar-refractivity contribution >= 4 is 22.2 Å². The summed E-state index contributed by atoms with van der Waals surface area (Å²) in [5.41, 5.74) is 0.0493. The van der Waals surface area contributed by atoms with Gasteiger partial charge in [-0.2, -0.15) is 0 Å². The predicted molar refractivity (Wildman–Crippen MR) is 74.8 cm³/mol. The lowest BCUT2D eigenvalue weighted by Crippen LogP contribution is -2.25. The van der Waals surface area contributed by atoms with Crippen molar-refractivity contribution in [3.05, 3.63) is 67.6 Å². The summed E-state index contributed by atoms with van der Waals surface area (Å²) < 4.78 is 6.26. The van der Waals surface area contributed by atoms with E-state index in [1.165, 1.54) is 9.44 Å². The van der Waals surface area contributed by atoms with E-state index in [-0.39, 0.29) is 0 Å². The Morgan fingerprint density at radius 3 is 2.74 bits per heavy atom. The molecule has 0 N–H and O–H groups in total.